The summed E-state index contributed by atoms with van der Waals surface area (Å²) in [5.74, 6) is -1.17. The molecule has 0 saturated heterocycles. The molecule has 0 aromatic heterocycles. The van der Waals surface area contributed by atoms with E-state index < -0.39 is 5.91 Å². The first kappa shape index (κ1) is 18.4. The number of hydrogen-bond donors (Lipinski definition) is 1. The van der Waals surface area contributed by atoms with E-state index >= 15 is 0 Å². The Kier molecular flexibility index (Phi) is 4.28. The van der Waals surface area contributed by atoms with Crippen molar-refractivity contribution < 1.29 is 19.1 Å². The van der Waals surface area contributed by atoms with Gasteiger partial charge in [-0.25, -0.2) is 4.39 Å². The van der Waals surface area contributed by atoms with Gasteiger partial charge >= 0.3 is 0 Å². The summed E-state index contributed by atoms with van der Waals surface area (Å²) in [7, 11) is 0. The lowest BCUT2D eigenvalue weighted by molar-refractivity contribution is 0.0746. The molecule has 6 heteroatoms. The topological polar surface area (TPSA) is 60.9 Å². The molecule has 0 aliphatic carbocycles. The van der Waals surface area contributed by atoms with Crippen LogP contribution in [0.4, 0.5) is 4.39 Å². The largest absolute Gasteiger partial charge is 0.507 e. The molecule has 0 unspecified atom stereocenters. The predicted molar refractivity (Wildman–Crippen MR) is 108 cm³/mol. The molecule has 2 heterocycles. The lowest BCUT2D eigenvalue weighted by Gasteiger charge is -2.19. The number of nitrogens with zero attached hydrogens (tertiary/aromatic N) is 2. The van der Waals surface area contributed by atoms with Gasteiger partial charge in [0.05, 0.1) is 5.56 Å². The van der Waals surface area contributed by atoms with E-state index in [1.165, 1.54) is 29.2 Å². The van der Waals surface area contributed by atoms with Crippen molar-refractivity contribution in [3.63, 3.8) is 0 Å². The monoisotopic (exact) mass is 402 g/mol. The number of carbonyl (C=O) groups is 2. The summed E-state index contributed by atoms with van der Waals surface area (Å²) in [4.78, 5) is 29.2. The van der Waals surface area contributed by atoms with Crippen LogP contribution in [0.2, 0.25) is 0 Å². The Morgan fingerprint density at radius 2 is 1.40 bits per heavy atom. The minimum atomic E-state index is -0.428. The maximum absolute atomic E-state index is 14.0. The number of phenols is 1. The van der Waals surface area contributed by atoms with Crippen molar-refractivity contribution in [2.75, 3.05) is 0 Å². The van der Waals surface area contributed by atoms with E-state index in [9.17, 15) is 19.1 Å². The third kappa shape index (κ3) is 3.01. The normalized spacial score (nSPS) is 14.6. The van der Waals surface area contributed by atoms with Gasteiger partial charge in [0.2, 0.25) is 0 Å². The maximum atomic E-state index is 14.0. The fourth-order valence-corrected chi connectivity index (χ4v) is 4.19. The van der Waals surface area contributed by atoms with Gasteiger partial charge in [0, 0.05) is 37.3 Å². The molecule has 0 saturated carbocycles. The Balaban J connectivity index is 1.39. The number of benzene rings is 3. The first-order chi connectivity index (χ1) is 14.5. The summed E-state index contributed by atoms with van der Waals surface area (Å²) in [5.41, 5.74) is 3.85. The van der Waals surface area contributed by atoms with E-state index in [2.05, 4.69) is 0 Å². The van der Waals surface area contributed by atoms with Crippen LogP contribution in [-0.4, -0.2) is 26.7 Å². The number of amides is 2. The number of phenolic OH excluding ortho intramolecular Hbond substituents is 1. The number of rotatable bonds is 2. The smallest absolute Gasteiger partial charge is 0.258 e. The van der Waals surface area contributed by atoms with Crippen LogP contribution in [0.3, 0.4) is 0 Å². The van der Waals surface area contributed by atoms with E-state index in [0.717, 1.165) is 16.7 Å². The van der Waals surface area contributed by atoms with Crippen molar-refractivity contribution in [1.82, 2.24) is 9.80 Å². The molecule has 0 fully saturated rings. The molecule has 5 rings (SSSR count). The number of halogens is 1. The van der Waals surface area contributed by atoms with E-state index in [-0.39, 0.29) is 36.1 Å². The third-order valence-electron chi connectivity index (χ3n) is 5.82. The van der Waals surface area contributed by atoms with Gasteiger partial charge < -0.3 is 14.9 Å². The van der Waals surface area contributed by atoms with Gasteiger partial charge in [-0.15, -0.1) is 0 Å². The molecule has 2 aliphatic rings. The van der Waals surface area contributed by atoms with Crippen LogP contribution in [0.1, 0.15) is 43.0 Å². The highest BCUT2D eigenvalue weighted by atomic mass is 19.1. The van der Waals surface area contributed by atoms with E-state index in [0.29, 0.717) is 24.2 Å². The molecule has 2 amide bonds. The summed E-state index contributed by atoms with van der Waals surface area (Å²) in [6, 6.07) is 17.0. The van der Waals surface area contributed by atoms with Gasteiger partial charge in [-0.3, -0.25) is 9.59 Å². The minimum absolute atomic E-state index is 0.0470. The fraction of sp³-hybridized carbons (Fsp3) is 0.167. The SMILES string of the molecule is O=C(c1ccc(O)c(C(=O)N2Cc3cccc(F)c3C2)c1)N1Cc2ccccc2C1. The Bertz CT molecular complexity index is 1170. The van der Waals surface area contributed by atoms with Crippen molar-refractivity contribution in [2.24, 2.45) is 0 Å². The van der Waals surface area contributed by atoms with Crippen molar-refractivity contribution in [1.29, 1.82) is 0 Å². The minimum Gasteiger partial charge on any atom is -0.507 e. The number of carbonyl (C=O) groups excluding carboxylic acids is 2. The standard InChI is InChI=1S/C24H19FN2O3/c25-21-7-3-6-18-13-27(14-20(18)21)24(30)19-10-15(8-9-22(19)28)23(29)26-11-16-4-1-2-5-17(16)12-26/h1-10,28H,11-14H2. The van der Waals surface area contributed by atoms with Crippen molar-refractivity contribution in [3.8, 4) is 5.75 Å². The molecule has 0 spiro atoms. The molecular weight excluding hydrogens is 383 g/mol. The van der Waals surface area contributed by atoms with Crippen LogP contribution in [0, 0.1) is 5.82 Å². The highest BCUT2D eigenvalue weighted by Crippen LogP contribution is 2.30. The van der Waals surface area contributed by atoms with Crippen molar-refractivity contribution >= 4 is 11.8 Å². The molecule has 5 nitrogen and oxygen atoms in total. The summed E-state index contributed by atoms with van der Waals surface area (Å²) in [5, 5.41) is 10.3. The van der Waals surface area contributed by atoms with Crippen LogP contribution < -0.4 is 0 Å². The van der Waals surface area contributed by atoms with Gasteiger partial charge in [0.25, 0.3) is 11.8 Å². The average Bonchev–Trinajstić information content (AvgIpc) is 3.38. The highest BCUT2D eigenvalue weighted by molar-refractivity contribution is 6.01. The highest BCUT2D eigenvalue weighted by Gasteiger charge is 2.29. The zero-order chi connectivity index (χ0) is 20.8. The predicted octanol–water partition coefficient (Wildman–Crippen LogP) is 3.84. The summed E-state index contributed by atoms with van der Waals surface area (Å²) in [6.45, 7) is 1.44. The molecule has 0 bridgehead atoms. The van der Waals surface area contributed by atoms with Crippen molar-refractivity contribution in [3.05, 3.63) is 99.9 Å². The molecular formula is C24H19FN2O3. The summed E-state index contributed by atoms with van der Waals surface area (Å²) < 4.78 is 14.0. The lowest BCUT2D eigenvalue weighted by Crippen LogP contribution is -2.27. The number of aromatic hydroxyl groups is 1. The van der Waals surface area contributed by atoms with Crippen LogP contribution in [0.15, 0.2) is 60.7 Å². The second-order valence-electron chi connectivity index (χ2n) is 7.70. The second kappa shape index (κ2) is 6.99. The van der Waals surface area contributed by atoms with Gasteiger partial charge in [-0.2, -0.15) is 0 Å². The van der Waals surface area contributed by atoms with Crippen LogP contribution in [-0.2, 0) is 26.2 Å². The second-order valence-corrected chi connectivity index (χ2v) is 7.70. The third-order valence-corrected chi connectivity index (χ3v) is 5.82. The summed E-state index contributed by atoms with van der Waals surface area (Å²) in [6.07, 6.45) is 0. The molecule has 3 aromatic rings. The zero-order valence-electron chi connectivity index (χ0n) is 16.1. The van der Waals surface area contributed by atoms with E-state index in [1.54, 1.807) is 17.0 Å². The van der Waals surface area contributed by atoms with E-state index in [4.69, 9.17) is 0 Å². The molecule has 0 radical (unpaired) electrons. The first-order valence-corrected chi connectivity index (χ1v) is 9.76. The summed E-state index contributed by atoms with van der Waals surface area (Å²) >= 11 is 0. The van der Waals surface area contributed by atoms with Gasteiger partial charge in [0.15, 0.2) is 0 Å². The quantitative estimate of drug-likeness (QED) is 0.709. The van der Waals surface area contributed by atoms with Gasteiger partial charge in [-0.05, 0) is 41.0 Å². The van der Waals surface area contributed by atoms with Gasteiger partial charge in [-0.1, -0.05) is 36.4 Å². The van der Waals surface area contributed by atoms with Gasteiger partial charge in [0.1, 0.15) is 11.6 Å². The molecule has 2 aliphatic heterocycles. The molecule has 1 N–H and O–H groups in total. The lowest BCUT2D eigenvalue weighted by atomic mass is 10.1. The zero-order valence-corrected chi connectivity index (χ0v) is 16.1. The Morgan fingerprint density at radius 1 is 0.767 bits per heavy atom. The molecule has 3 aromatic carbocycles. The Hall–Kier alpha value is -3.67. The average molecular weight is 402 g/mol. The van der Waals surface area contributed by atoms with Crippen LogP contribution in [0.25, 0.3) is 0 Å². The fourth-order valence-electron chi connectivity index (χ4n) is 4.19. The number of hydrogen-bond acceptors (Lipinski definition) is 3. The molecule has 30 heavy (non-hydrogen) atoms. The van der Waals surface area contributed by atoms with Crippen LogP contribution >= 0.6 is 0 Å². The molecule has 150 valence electrons. The Labute approximate surface area is 173 Å². The van der Waals surface area contributed by atoms with E-state index in [1.807, 2.05) is 24.3 Å². The maximum Gasteiger partial charge on any atom is 0.258 e. The first-order valence-electron chi connectivity index (χ1n) is 9.76. The van der Waals surface area contributed by atoms with Crippen molar-refractivity contribution in [2.45, 2.75) is 26.2 Å². The van der Waals surface area contributed by atoms with Crippen LogP contribution in [0.5, 0.6) is 5.75 Å². The Morgan fingerprint density at radius 3 is 2.10 bits per heavy atom. The number of fused-ring (bicyclic) bond motifs is 2. The molecule has 0 atom stereocenters.